The van der Waals surface area contributed by atoms with Gasteiger partial charge in [-0.05, 0) is 37.0 Å². The van der Waals surface area contributed by atoms with E-state index in [-0.39, 0.29) is 6.10 Å². The molecule has 0 saturated heterocycles. The summed E-state index contributed by atoms with van der Waals surface area (Å²) >= 11 is 0. The average molecular weight is 251 g/mol. The highest BCUT2D eigenvalue weighted by molar-refractivity contribution is 5.43. The zero-order chi connectivity index (χ0) is 13.5. The van der Waals surface area contributed by atoms with E-state index < -0.39 is 0 Å². The predicted molar refractivity (Wildman–Crippen MR) is 75.1 cm³/mol. The van der Waals surface area contributed by atoms with E-state index in [9.17, 15) is 5.11 Å². The monoisotopic (exact) mass is 251 g/mol. The highest BCUT2D eigenvalue weighted by atomic mass is 16.5. The third-order valence-electron chi connectivity index (χ3n) is 3.06. The summed E-state index contributed by atoms with van der Waals surface area (Å²) in [5, 5.41) is 12.9. The molecule has 1 aromatic carbocycles. The molecule has 1 atom stereocenters. The normalized spacial score (nSPS) is 12.5. The van der Waals surface area contributed by atoms with E-state index in [4.69, 9.17) is 4.74 Å². The van der Waals surface area contributed by atoms with Gasteiger partial charge in [0.2, 0.25) is 0 Å². The first kappa shape index (κ1) is 15.0. The van der Waals surface area contributed by atoms with Crippen molar-refractivity contribution in [3.8, 4) is 5.75 Å². The Morgan fingerprint density at radius 3 is 2.39 bits per heavy atom. The van der Waals surface area contributed by atoms with Crippen LogP contribution in [0.2, 0.25) is 0 Å². The van der Waals surface area contributed by atoms with Crippen molar-refractivity contribution in [2.24, 2.45) is 0 Å². The van der Waals surface area contributed by atoms with Crippen molar-refractivity contribution < 1.29 is 9.84 Å². The highest BCUT2D eigenvalue weighted by Crippen LogP contribution is 2.24. The van der Waals surface area contributed by atoms with E-state index in [0.717, 1.165) is 36.3 Å². The molecule has 18 heavy (non-hydrogen) atoms. The second-order valence-corrected chi connectivity index (χ2v) is 4.84. The number of hydrogen-bond acceptors (Lipinski definition) is 3. The van der Waals surface area contributed by atoms with Crippen molar-refractivity contribution in [1.29, 1.82) is 0 Å². The summed E-state index contributed by atoms with van der Waals surface area (Å²) in [6.45, 7) is 7.63. The number of nitrogens with one attached hydrogen (secondary N) is 1. The van der Waals surface area contributed by atoms with Gasteiger partial charge >= 0.3 is 0 Å². The molecule has 0 aliphatic rings. The largest absolute Gasteiger partial charge is 0.496 e. The van der Waals surface area contributed by atoms with E-state index in [2.05, 4.69) is 38.2 Å². The number of aliphatic hydroxyl groups excluding tert-OH is 1. The zero-order valence-electron chi connectivity index (χ0n) is 11.9. The molecule has 0 spiro atoms. The van der Waals surface area contributed by atoms with E-state index in [1.54, 1.807) is 7.11 Å². The minimum absolute atomic E-state index is 0.240. The first-order valence-electron chi connectivity index (χ1n) is 6.61. The number of benzene rings is 1. The van der Waals surface area contributed by atoms with E-state index in [1.807, 2.05) is 0 Å². The summed E-state index contributed by atoms with van der Waals surface area (Å²) in [6.07, 6.45) is 1.63. The maximum atomic E-state index is 9.64. The number of aryl methyl sites for hydroxylation is 2. The van der Waals surface area contributed by atoms with Crippen LogP contribution in [0.25, 0.3) is 0 Å². The van der Waals surface area contributed by atoms with Crippen LogP contribution in [0, 0.1) is 13.8 Å². The second-order valence-electron chi connectivity index (χ2n) is 4.84. The summed E-state index contributed by atoms with van der Waals surface area (Å²) in [7, 11) is 1.70. The van der Waals surface area contributed by atoms with Crippen LogP contribution < -0.4 is 10.1 Å². The van der Waals surface area contributed by atoms with Gasteiger partial charge in [0.25, 0.3) is 0 Å². The third-order valence-corrected chi connectivity index (χ3v) is 3.06. The van der Waals surface area contributed by atoms with Gasteiger partial charge in [0.05, 0.1) is 13.2 Å². The van der Waals surface area contributed by atoms with Crippen LogP contribution in [0.1, 0.15) is 36.5 Å². The molecule has 2 N–H and O–H groups in total. The molecular formula is C15H25NO2. The smallest absolute Gasteiger partial charge is 0.124 e. The molecule has 0 aliphatic carbocycles. The van der Waals surface area contributed by atoms with Gasteiger partial charge in [-0.2, -0.15) is 0 Å². The molecule has 102 valence electrons. The molecule has 3 heteroatoms. The van der Waals surface area contributed by atoms with E-state index in [1.165, 1.54) is 5.56 Å². The predicted octanol–water partition coefficient (Wildman–Crippen LogP) is 2.56. The van der Waals surface area contributed by atoms with Crippen LogP contribution in [0.3, 0.4) is 0 Å². The molecule has 1 rings (SSSR count). The molecule has 0 aliphatic heterocycles. The van der Waals surface area contributed by atoms with Crippen molar-refractivity contribution in [1.82, 2.24) is 5.32 Å². The molecule has 0 heterocycles. The SMILES string of the molecule is CCCC(O)CNCc1cc(C)c(OC)c(C)c1. The number of methoxy groups -OCH3 is 1. The molecule has 0 bridgehead atoms. The number of rotatable bonds is 7. The van der Waals surface area contributed by atoms with Crippen molar-refractivity contribution >= 4 is 0 Å². The number of aliphatic hydroxyl groups is 1. The lowest BCUT2D eigenvalue weighted by molar-refractivity contribution is 0.160. The molecule has 0 fully saturated rings. The molecule has 0 amide bonds. The Balaban J connectivity index is 2.53. The Morgan fingerprint density at radius 2 is 1.89 bits per heavy atom. The fourth-order valence-electron chi connectivity index (χ4n) is 2.28. The molecular weight excluding hydrogens is 226 g/mol. The van der Waals surface area contributed by atoms with Gasteiger partial charge in [0, 0.05) is 13.1 Å². The molecule has 0 aromatic heterocycles. The van der Waals surface area contributed by atoms with Crippen LogP contribution in [-0.2, 0) is 6.54 Å². The fourth-order valence-corrected chi connectivity index (χ4v) is 2.28. The standard InChI is InChI=1S/C15H25NO2/c1-5-6-14(17)10-16-9-13-7-11(2)15(18-4)12(3)8-13/h7-8,14,16-17H,5-6,9-10H2,1-4H3. The summed E-state index contributed by atoms with van der Waals surface area (Å²) in [4.78, 5) is 0. The molecule has 0 radical (unpaired) electrons. The third kappa shape index (κ3) is 4.31. The molecule has 1 aromatic rings. The van der Waals surface area contributed by atoms with Gasteiger partial charge in [-0.25, -0.2) is 0 Å². The summed E-state index contributed by atoms with van der Waals surface area (Å²) < 4.78 is 5.34. The van der Waals surface area contributed by atoms with Crippen molar-refractivity contribution in [2.75, 3.05) is 13.7 Å². The minimum atomic E-state index is -0.240. The Hall–Kier alpha value is -1.06. The Kier molecular flexibility index (Phi) is 6.16. The fraction of sp³-hybridized carbons (Fsp3) is 0.600. The summed E-state index contributed by atoms with van der Waals surface area (Å²) in [5.41, 5.74) is 3.54. The van der Waals surface area contributed by atoms with Crippen LogP contribution in [-0.4, -0.2) is 24.9 Å². The van der Waals surface area contributed by atoms with Crippen LogP contribution in [0.5, 0.6) is 5.75 Å². The summed E-state index contributed by atoms with van der Waals surface area (Å²) in [6, 6.07) is 4.26. The number of hydrogen-bond donors (Lipinski definition) is 2. The zero-order valence-corrected chi connectivity index (χ0v) is 11.9. The molecule has 1 unspecified atom stereocenters. The lowest BCUT2D eigenvalue weighted by atomic mass is 10.1. The van der Waals surface area contributed by atoms with Gasteiger partial charge in [-0.15, -0.1) is 0 Å². The van der Waals surface area contributed by atoms with Gasteiger partial charge in [0.15, 0.2) is 0 Å². The Morgan fingerprint density at radius 1 is 1.28 bits per heavy atom. The van der Waals surface area contributed by atoms with Crippen LogP contribution in [0.4, 0.5) is 0 Å². The molecule has 3 nitrogen and oxygen atoms in total. The van der Waals surface area contributed by atoms with Crippen molar-refractivity contribution in [3.63, 3.8) is 0 Å². The second kappa shape index (κ2) is 7.39. The molecule has 0 saturated carbocycles. The number of ether oxygens (including phenoxy) is 1. The Labute approximate surface area is 110 Å². The van der Waals surface area contributed by atoms with Gasteiger partial charge < -0.3 is 15.2 Å². The van der Waals surface area contributed by atoms with Gasteiger partial charge in [-0.1, -0.05) is 25.5 Å². The minimum Gasteiger partial charge on any atom is -0.496 e. The quantitative estimate of drug-likeness (QED) is 0.782. The average Bonchev–Trinajstić information content (AvgIpc) is 2.29. The van der Waals surface area contributed by atoms with Gasteiger partial charge in [0.1, 0.15) is 5.75 Å². The van der Waals surface area contributed by atoms with Crippen LogP contribution in [0.15, 0.2) is 12.1 Å². The first-order chi connectivity index (χ1) is 8.58. The lowest BCUT2D eigenvalue weighted by Crippen LogP contribution is -2.26. The maximum Gasteiger partial charge on any atom is 0.124 e. The van der Waals surface area contributed by atoms with Gasteiger partial charge in [-0.3, -0.25) is 0 Å². The topological polar surface area (TPSA) is 41.5 Å². The van der Waals surface area contributed by atoms with Crippen LogP contribution >= 0.6 is 0 Å². The Bertz CT molecular complexity index is 354. The first-order valence-corrected chi connectivity index (χ1v) is 6.61. The van der Waals surface area contributed by atoms with Crippen molar-refractivity contribution in [2.45, 2.75) is 46.3 Å². The van der Waals surface area contributed by atoms with Crippen molar-refractivity contribution in [3.05, 3.63) is 28.8 Å². The highest BCUT2D eigenvalue weighted by Gasteiger charge is 2.06. The summed E-state index contributed by atoms with van der Waals surface area (Å²) in [5.74, 6) is 0.963. The van der Waals surface area contributed by atoms with E-state index >= 15 is 0 Å². The lowest BCUT2D eigenvalue weighted by Gasteiger charge is -2.13. The maximum absolute atomic E-state index is 9.64. The van der Waals surface area contributed by atoms with E-state index in [0.29, 0.717) is 6.54 Å².